The maximum Gasteiger partial charge on any atom is 0.251 e. The summed E-state index contributed by atoms with van der Waals surface area (Å²) in [6, 6.07) is 9.29. The van der Waals surface area contributed by atoms with Crippen LogP contribution in [0.4, 0.5) is 0 Å². The molecule has 2 aliphatic rings. The quantitative estimate of drug-likeness (QED) is 0.772. The molecule has 1 aliphatic carbocycles. The molecule has 4 rings (SSSR count). The molecule has 1 saturated carbocycles. The summed E-state index contributed by atoms with van der Waals surface area (Å²) in [5.74, 6) is 1.12. The van der Waals surface area contributed by atoms with Gasteiger partial charge in [0.1, 0.15) is 5.75 Å². The van der Waals surface area contributed by atoms with Crippen molar-refractivity contribution in [1.82, 2.24) is 10.3 Å². The number of hydrogen-bond donors (Lipinski definition) is 2. The van der Waals surface area contributed by atoms with Gasteiger partial charge in [0.15, 0.2) is 0 Å². The van der Waals surface area contributed by atoms with E-state index in [1.54, 1.807) is 6.07 Å². The predicted octanol–water partition coefficient (Wildman–Crippen LogP) is 4.01. The molecule has 2 heterocycles. The minimum atomic E-state index is -0.0863. The zero-order valence-electron chi connectivity index (χ0n) is 15.8. The molecule has 1 aliphatic heterocycles. The molecular weight excluding hydrogens is 376 g/mol. The van der Waals surface area contributed by atoms with Crippen LogP contribution in [-0.2, 0) is 4.79 Å². The van der Waals surface area contributed by atoms with Gasteiger partial charge < -0.3 is 15.0 Å². The van der Waals surface area contributed by atoms with Gasteiger partial charge in [-0.1, -0.05) is 23.7 Å². The first-order valence-corrected chi connectivity index (χ1v) is 10.1. The molecule has 1 saturated heterocycles. The van der Waals surface area contributed by atoms with Crippen molar-refractivity contribution in [1.29, 1.82) is 0 Å². The average Bonchev–Trinajstić information content (AvgIpc) is 3.42. The van der Waals surface area contributed by atoms with Crippen LogP contribution in [0.1, 0.15) is 55.3 Å². The number of ether oxygens (including phenoxy) is 1. The van der Waals surface area contributed by atoms with E-state index in [1.165, 1.54) is 0 Å². The zero-order chi connectivity index (χ0) is 19.7. The molecule has 6 heteroatoms. The molecule has 0 radical (unpaired) electrons. The number of rotatable bonds is 6. The van der Waals surface area contributed by atoms with Crippen LogP contribution < -0.4 is 15.6 Å². The highest BCUT2D eigenvalue weighted by Gasteiger charge is 2.27. The van der Waals surface area contributed by atoms with Crippen LogP contribution >= 0.6 is 11.6 Å². The van der Waals surface area contributed by atoms with Gasteiger partial charge in [0.2, 0.25) is 5.91 Å². The Morgan fingerprint density at radius 2 is 2.04 bits per heavy atom. The zero-order valence-corrected chi connectivity index (χ0v) is 16.5. The van der Waals surface area contributed by atoms with E-state index in [0.29, 0.717) is 35.4 Å². The molecule has 146 valence electrons. The predicted molar refractivity (Wildman–Crippen MR) is 110 cm³/mol. The summed E-state index contributed by atoms with van der Waals surface area (Å²) >= 11 is 6.56. The van der Waals surface area contributed by atoms with Crippen molar-refractivity contribution < 1.29 is 9.53 Å². The number of aromatic amines is 1. The summed E-state index contributed by atoms with van der Waals surface area (Å²) < 4.78 is 5.52. The normalized spacial score (nSPS) is 19.6. The molecule has 0 bridgehead atoms. The standard InChI is InChI=1S/C22H23ClN2O3/c1-2-28-15-6-7-17(19(23)12-15)18(11-14-5-10-21(26)24-14)20-9-8-16(13-3-4-13)22(27)25-20/h6-9,11-14H,2-5,10H2,1H3,(H,24,26)(H,25,27)/b18-11+/t14-/m1/s1. The van der Waals surface area contributed by atoms with E-state index in [2.05, 4.69) is 10.3 Å². The Morgan fingerprint density at radius 1 is 1.21 bits per heavy atom. The van der Waals surface area contributed by atoms with Crippen molar-refractivity contribution in [2.45, 2.75) is 44.6 Å². The monoisotopic (exact) mass is 398 g/mol. The second-order valence-electron chi connectivity index (χ2n) is 7.30. The van der Waals surface area contributed by atoms with E-state index in [0.717, 1.165) is 36.0 Å². The Kier molecular flexibility index (Phi) is 5.27. The highest BCUT2D eigenvalue weighted by Crippen LogP contribution is 2.39. The molecule has 1 amide bonds. The van der Waals surface area contributed by atoms with E-state index in [1.807, 2.05) is 37.3 Å². The first-order valence-electron chi connectivity index (χ1n) is 9.72. The number of H-pyrrole nitrogens is 1. The minimum Gasteiger partial charge on any atom is -0.494 e. The maximum atomic E-state index is 12.6. The fourth-order valence-electron chi connectivity index (χ4n) is 3.62. The molecule has 0 unspecified atom stereocenters. The summed E-state index contributed by atoms with van der Waals surface area (Å²) in [5, 5.41) is 3.49. The van der Waals surface area contributed by atoms with Crippen molar-refractivity contribution in [3.63, 3.8) is 0 Å². The molecule has 2 fully saturated rings. The van der Waals surface area contributed by atoms with Crippen LogP contribution in [0.25, 0.3) is 5.57 Å². The molecule has 0 spiro atoms. The number of benzene rings is 1. The van der Waals surface area contributed by atoms with Crippen LogP contribution in [0, 0.1) is 0 Å². The number of carbonyl (C=O) groups excluding carboxylic acids is 1. The number of aromatic nitrogens is 1. The molecule has 1 aromatic carbocycles. The molecule has 28 heavy (non-hydrogen) atoms. The molecule has 5 nitrogen and oxygen atoms in total. The number of halogens is 1. The Hall–Kier alpha value is -2.53. The third-order valence-electron chi connectivity index (χ3n) is 5.19. The van der Waals surface area contributed by atoms with Gasteiger partial charge in [0, 0.05) is 34.9 Å². The molecule has 1 atom stereocenters. The third kappa shape index (κ3) is 3.99. The van der Waals surface area contributed by atoms with Gasteiger partial charge in [-0.2, -0.15) is 0 Å². The lowest BCUT2D eigenvalue weighted by atomic mass is 9.98. The maximum absolute atomic E-state index is 12.6. The number of carbonyl (C=O) groups is 1. The van der Waals surface area contributed by atoms with E-state index in [9.17, 15) is 9.59 Å². The molecule has 1 aromatic heterocycles. The molecule has 2 N–H and O–H groups in total. The van der Waals surface area contributed by atoms with Crippen LogP contribution in [0.15, 0.2) is 41.2 Å². The van der Waals surface area contributed by atoms with Gasteiger partial charge in [-0.3, -0.25) is 9.59 Å². The van der Waals surface area contributed by atoms with Gasteiger partial charge in [-0.15, -0.1) is 0 Å². The van der Waals surface area contributed by atoms with Gasteiger partial charge in [-0.05, 0) is 56.4 Å². The highest BCUT2D eigenvalue weighted by molar-refractivity contribution is 6.32. The lowest BCUT2D eigenvalue weighted by molar-refractivity contribution is -0.119. The topological polar surface area (TPSA) is 71.2 Å². The van der Waals surface area contributed by atoms with Crippen LogP contribution in [0.3, 0.4) is 0 Å². The van der Waals surface area contributed by atoms with E-state index in [-0.39, 0.29) is 17.5 Å². The fourth-order valence-corrected chi connectivity index (χ4v) is 3.89. The summed E-state index contributed by atoms with van der Waals surface area (Å²) in [5.41, 5.74) is 3.08. The van der Waals surface area contributed by atoms with Gasteiger partial charge in [0.05, 0.1) is 11.6 Å². The number of nitrogens with one attached hydrogen (secondary N) is 2. The Labute approximate surface area is 168 Å². The van der Waals surface area contributed by atoms with E-state index in [4.69, 9.17) is 16.3 Å². The second-order valence-corrected chi connectivity index (χ2v) is 7.71. The van der Waals surface area contributed by atoms with Crippen molar-refractivity contribution >= 4 is 23.1 Å². The van der Waals surface area contributed by atoms with Crippen LogP contribution in [0.2, 0.25) is 5.02 Å². The first kappa shape index (κ1) is 18.8. The number of amides is 1. The third-order valence-corrected chi connectivity index (χ3v) is 5.50. The van der Waals surface area contributed by atoms with E-state index >= 15 is 0 Å². The van der Waals surface area contributed by atoms with Gasteiger partial charge in [-0.25, -0.2) is 0 Å². The number of hydrogen-bond acceptors (Lipinski definition) is 3. The summed E-state index contributed by atoms with van der Waals surface area (Å²) in [4.78, 5) is 27.2. The molecular formula is C22H23ClN2O3. The lowest BCUT2D eigenvalue weighted by Gasteiger charge is -2.15. The van der Waals surface area contributed by atoms with Gasteiger partial charge in [0.25, 0.3) is 5.56 Å². The average molecular weight is 399 g/mol. The van der Waals surface area contributed by atoms with Crippen molar-refractivity contribution in [3.05, 3.63) is 68.6 Å². The van der Waals surface area contributed by atoms with Crippen LogP contribution in [0.5, 0.6) is 5.75 Å². The van der Waals surface area contributed by atoms with E-state index < -0.39 is 0 Å². The minimum absolute atomic E-state index is 0.0379. The lowest BCUT2D eigenvalue weighted by Crippen LogP contribution is -2.23. The molecule has 2 aromatic rings. The fraction of sp³-hybridized carbons (Fsp3) is 0.364. The second kappa shape index (κ2) is 7.84. The summed E-state index contributed by atoms with van der Waals surface area (Å²) in [6.07, 6.45) is 5.35. The summed E-state index contributed by atoms with van der Waals surface area (Å²) in [6.45, 7) is 2.48. The Balaban J connectivity index is 1.76. The van der Waals surface area contributed by atoms with Crippen molar-refractivity contribution in [2.24, 2.45) is 0 Å². The largest absolute Gasteiger partial charge is 0.494 e. The van der Waals surface area contributed by atoms with Crippen molar-refractivity contribution in [2.75, 3.05) is 6.61 Å². The smallest absolute Gasteiger partial charge is 0.251 e. The Morgan fingerprint density at radius 3 is 2.64 bits per heavy atom. The summed E-state index contributed by atoms with van der Waals surface area (Å²) in [7, 11) is 0. The van der Waals surface area contributed by atoms with Crippen LogP contribution in [-0.4, -0.2) is 23.5 Å². The van der Waals surface area contributed by atoms with Gasteiger partial charge >= 0.3 is 0 Å². The first-order chi connectivity index (χ1) is 13.5. The number of pyridine rings is 1. The Bertz CT molecular complexity index is 992. The van der Waals surface area contributed by atoms with Crippen molar-refractivity contribution in [3.8, 4) is 5.75 Å². The highest BCUT2D eigenvalue weighted by atomic mass is 35.5. The SMILES string of the molecule is CCOc1ccc(/C(=C\[C@H]2CCC(=O)N2)c2ccc(C3CC3)c(=O)[nH]2)c(Cl)c1.